The summed E-state index contributed by atoms with van der Waals surface area (Å²) in [5.74, 6) is 1.65. The molecule has 1 aromatic carbocycles. The average Bonchev–Trinajstić information content (AvgIpc) is 2.76. The molecule has 0 bridgehead atoms. The lowest BCUT2D eigenvalue weighted by Crippen LogP contribution is -2.39. The van der Waals surface area contributed by atoms with E-state index in [9.17, 15) is 0 Å². The van der Waals surface area contributed by atoms with Crippen LogP contribution in [0.2, 0.25) is 0 Å². The third kappa shape index (κ3) is 3.15. The minimum atomic E-state index is 0.318. The van der Waals surface area contributed by atoms with Crippen LogP contribution in [0.15, 0.2) is 18.2 Å². The monoisotopic (exact) mass is 292 g/mol. The third-order valence-electron chi connectivity index (χ3n) is 3.77. The van der Waals surface area contributed by atoms with E-state index < -0.39 is 0 Å². The summed E-state index contributed by atoms with van der Waals surface area (Å²) in [6.07, 6.45) is 5.13. The number of likely N-dealkylation sites (tertiary alicyclic amines) is 1. The molecule has 1 fully saturated rings. The van der Waals surface area contributed by atoms with Gasteiger partial charge in [0.2, 0.25) is 6.79 Å². The van der Waals surface area contributed by atoms with E-state index in [1.807, 2.05) is 18.2 Å². The molecule has 0 unspecified atom stereocenters. The van der Waals surface area contributed by atoms with E-state index >= 15 is 0 Å². The summed E-state index contributed by atoms with van der Waals surface area (Å²) in [4.78, 5) is 2.29. The lowest BCUT2D eigenvalue weighted by atomic mass is 10.2. The van der Waals surface area contributed by atoms with E-state index in [1.54, 1.807) is 0 Å². The van der Waals surface area contributed by atoms with E-state index in [1.165, 1.54) is 25.7 Å². The second-order valence-corrected chi connectivity index (χ2v) is 5.63. The van der Waals surface area contributed by atoms with Crippen molar-refractivity contribution in [2.75, 3.05) is 19.9 Å². The predicted octanol–water partition coefficient (Wildman–Crippen LogP) is 2.67. The lowest BCUT2D eigenvalue weighted by molar-refractivity contribution is 0.174. The molecule has 4 nitrogen and oxygen atoms in total. The number of ether oxygens (including phenoxy) is 2. The fourth-order valence-corrected chi connectivity index (χ4v) is 2.87. The Bertz CT molecular complexity index is 485. The molecule has 2 aliphatic rings. The molecule has 0 radical (unpaired) electrons. The molecule has 3 rings (SSSR count). The molecule has 0 aromatic heterocycles. The summed E-state index contributed by atoms with van der Waals surface area (Å²) in [5, 5.41) is 4.21. The molecule has 1 N–H and O–H groups in total. The second-order valence-electron chi connectivity index (χ2n) is 5.25. The number of benzene rings is 1. The third-order valence-corrected chi connectivity index (χ3v) is 4.18. The number of hydrogen-bond donors (Lipinski definition) is 1. The number of hydrogen-bond acceptors (Lipinski definition) is 3. The van der Waals surface area contributed by atoms with Gasteiger partial charge < -0.3 is 19.7 Å². The highest BCUT2D eigenvalue weighted by Gasteiger charge is 2.14. The van der Waals surface area contributed by atoms with Crippen LogP contribution in [0.1, 0.15) is 31.2 Å². The van der Waals surface area contributed by atoms with Crippen LogP contribution < -0.4 is 14.8 Å². The first-order chi connectivity index (χ1) is 9.83. The van der Waals surface area contributed by atoms with Gasteiger partial charge in [-0.2, -0.15) is 0 Å². The van der Waals surface area contributed by atoms with Gasteiger partial charge in [-0.1, -0.05) is 18.9 Å². The van der Waals surface area contributed by atoms with Crippen molar-refractivity contribution in [3.8, 4) is 11.5 Å². The number of nitrogens with one attached hydrogen (secondary N) is 1. The number of fused-ring (bicyclic) bond motifs is 1. The summed E-state index contributed by atoms with van der Waals surface area (Å²) >= 11 is 5.49. The second kappa shape index (κ2) is 6.31. The van der Waals surface area contributed by atoms with Crippen molar-refractivity contribution in [1.82, 2.24) is 10.2 Å². The highest BCUT2D eigenvalue weighted by atomic mass is 32.1. The zero-order chi connectivity index (χ0) is 13.8. The molecule has 2 aliphatic heterocycles. The van der Waals surface area contributed by atoms with Gasteiger partial charge in [-0.15, -0.1) is 0 Å². The van der Waals surface area contributed by atoms with Crippen molar-refractivity contribution in [3.05, 3.63) is 23.8 Å². The van der Waals surface area contributed by atoms with E-state index in [4.69, 9.17) is 21.7 Å². The zero-order valence-electron chi connectivity index (χ0n) is 11.6. The molecule has 0 amide bonds. The molecule has 0 spiro atoms. The topological polar surface area (TPSA) is 33.7 Å². The van der Waals surface area contributed by atoms with Gasteiger partial charge in [-0.3, -0.25) is 0 Å². The maximum Gasteiger partial charge on any atom is 0.231 e. The van der Waals surface area contributed by atoms with Crippen LogP contribution >= 0.6 is 12.2 Å². The molecule has 0 aliphatic carbocycles. The summed E-state index contributed by atoms with van der Waals surface area (Å²) < 4.78 is 10.7. The molecule has 2 heterocycles. The molecule has 5 heteroatoms. The van der Waals surface area contributed by atoms with Gasteiger partial charge in [0.1, 0.15) is 0 Å². The Hall–Kier alpha value is -1.49. The molecule has 1 aromatic rings. The Morgan fingerprint density at radius 3 is 2.65 bits per heavy atom. The van der Waals surface area contributed by atoms with Crippen LogP contribution in [0.3, 0.4) is 0 Å². The Labute approximate surface area is 125 Å². The number of nitrogens with zero attached hydrogens (tertiary/aromatic N) is 1. The van der Waals surface area contributed by atoms with Crippen molar-refractivity contribution in [1.29, 1.82) is 0 Å². The van der Waals surface area contributed by atoms with Gasteiger partial charge in [0.15, 0.2) is 16.6 Å². The average molecular weight is 292 g/mol. The largest absolute Gasteiger partial charge is 0.454 e. The molecule has 0 saturated carbocycles. The minimum absolute atomic E-state index is 0.318. The smallest absolute Gasteiger partial charge is 0.231 e. The van der Waals surface area contributed by atoms with E-state index in [0.717, 1.165) is 41.8 Å². The van der Waals surface area contributed by atoms with Crippen LogP contribution in [-0.2, 0) is 6.54 Å². The predicted molar refractivity (Wildman–Crippen MR) is 82.0 cm³/mol. The van der Waals surface area contributed by atoms with Crippen LogP contribution in [0.25, 0.3) is 0 Å². The molecule has 20 heavy (non-hydrogen) atoms. The van der Waals surface area contributed by atoms with E-state index in [0.29, 0.717) is 6.79 Å². The lowest BCUT2D eigenvalue weighted by Gasteiger charge is -2.24. The Balaban J connectivity index is 1.54. The summed E-state index contributed by atoms with van der Waals surface area (Å²) in [6, 6.07) is 6.01. The van der Waals surface area contributed by atoms with Crippen LogP contribution in [0.5, 0.6) is 11.5 Å². The van der Waals surface area contributed by atoms with Crippen molar-refractivity contribution in [2.24, 2.45) is 0 Å². The van der Waals surface area contributed by atoms with Crippen molar-refractivity contribution in [3.63, 3.8) is 0 Å². The van der Waals surface area contributed by atoms with Gasteiger partial charge in [-0.25, -0.2) is 0 Å². The standard InChI is InChI=1S/C15H20N2O2S/c20-15(17-7-3-1-2-4-8-17)16-10-12-5-6-13-14(9-12)19-11-18-13/h5-6,9H,1-4,7-8,10-11H2,(H,16,20). The Morgan fingerprint density at radius 2 is 1.85 bits per heavy atom. The first-order valence-corrected chi connectivity index (χ1v) is 7.65. The Kier molecular flexibility index (Phi) is 4.25. The van der Waals surface area contributed by atoms with Gasteiger partial charge in [0.05, 0.1) is 0 Å². The van der Waals surface area contributed by atoms with E-state index in [2.05, 4.69) is 10.2 Å². The molecule has 0 atom stereocenters. The van der Waals surface area contributed by atoms with Gasteiger partial charge in [-0.05, 0) is 42.8 Å². The van der Waals surface area contributed by atoms with Crippen molar-refractivity contribution >= 4 is 17.3 Å². The van der Waals surface area contributed by atoms with E-state index in [-0.39, 0.29) is 0 Å². The first kappa shape index (κ1) is 13.5. The van der Waals surface area contributed by atoms with Crippen molar-refractivity contribution < 1.29 is 9.47 Å². The summed E-state index contributed by atoms with van der Waals surface area (Å²) in [6.45, 7) is 3.20. The van der Waals surface area contributed by atoms with Crippen LogP contribution in [-0.4, -0.2) is 29.9 Å². The molecular weight excluding hydrogens is 272 g/mol. The van der Waals surface area contributed by atoms with Gasteiger partial charge in [0, 0.05) is 19.6 Å². The fourth-order valence-electron chi connectivity index (χ4n) is 2.61. The first-order valence-electron chi connectivity index (χ1n) is 7.24. The minimum Gasteiger partial charge on any atom is -0.454 e. The molecular formula is C15H20N2O2S. The normalized spacial score (nSPS) is 17.7. The maximum atomic E-state index is 5.49. The quantitative estimate of drug-likeness (QED) is 0.848. The van der Waals surface area contributed by atoms with Crippen LogP contribution in [0, 0.1) is 0 Å². The van der Waals surface area contributed by atoms with Gasteiger partial charge >= 0.3 is 0 Å². The molecule has 108 valence electrons. The summed E-state index contributed by atoms with van der Waals surface area (Å²) in [7, 11) is 0. The highest BCUT2D eigenvalue weighted by molar-refractivity contribution is 7.80. The highest BCUT2D eigenvalue weighted by Crippen LogP contribution is 2.32. The number of thiocarbonyl (C=S) groups is 1. The Morgan fingerprint density at radius 1 is 1.10 bits per heavy atom. The SMILES string of the molecule is S=C(NCc1ccc2c(c1)OCO2)N1CCCCCC1. The number of rotatable bonds is 2. The van der Waals surface area contributed by atoms with Crippen molar-refractivity contribution in [2.45, 2.75) is 32.2 Å². The maximum absolute atomic E-state index is 5.49. The fraction of sp³-hybridized carbons (Fsp3) is 0.533. The van der Waals surface area contributed by atoms with Gasteiger partial charge in [0.25, 0.3) is 0 Å². The molecule has 1 saturated heterocycles. The zero-order valence-corrected chi connectivity index (χ0v) is 12.4. The summed E-state index contributed by atoms with van der Waals surface area (Å²) in [5.41, 5.74) is 1.16. The van der Waals surface area contributed by atoms with Crippen LogP contribution in [0.4, 0.5) is 0 Å².